The summed E-state index contributed by atoms with van der Waals surface area (Å²) >= 11 is 0. The van der Waals surface area contributed by atoms with E-state index in [1.54, 1.807) is 12.1 Å². The Labute approximate surface area is 223 Å². The molecule has 0 saturated heterocycles. The van der Waals surface area contributed by atoms with Gasteiger partial charge in [-0.25, -0.2) is 4.39 Å². The van der Waals surface area contributed by atoms with Crippen molar-refractivity contribution in [2.75, 3.05) is 7.11 Å². The second kappa shape index (κ2) is 9.34. The summed E-state index contributed by atoms with van der Waals surface area (Å²) in [5.41, 5.74) is -0.339. The summed E-state index contributed by atoms with van der Waals surface area (Å²) in [7, 11) is 1.30. The number of ether oxygens (including phenoxy) is 2. The first-order chi connectivity index (χ1) is 18.5. The highest BCUT2D eigenvalue weighted by Gasteiger charge is 2.58. The molecule has 2 atom stereocenters. The molecule has 3 aromatic rings. The molecule has 0 aromatic heterocycles. The number of amides is 1. The Morgan fingerprint density at radius 3 is 2.62 bits per heavy atom. The lowest BCUT2D eigenvalue weighted by atomic mass is 9.67. The Hall–Kier alpha value is -4.53. The Bertz CT molecular complexity index is 1640. The number of ketones is 3. The number of allylic oxidation sites excluding steroid dienone is 2. The van der Waals surface area contributed by atoms with E-state index in [4.69, 9.17) is 9.47 Å². The molecule has 1 heterocycles. The summed E-state index contributed by atoms with van der Waals surface area (Å²) in [6, 6.07) is 9.67. The van der Waals surface area contributed by atoms with Crippen molar-refractivity contribution in [3.63, 3.8) is 0 Å². The number of fused-ring (bicyclic) bond motifs is 4. The van der Waals surface area contributed by atoms with Crippen LogP contribution in [0.2, 0.25) is 0 Å². The van der Waals surface area contributed by atoms with Gasteiger partial charge in [0.1, 0.15) is 45.8 Å². The summed E-state index contributed by atoms with van der Waals surface area (Å²) in [4.78, 5) is 51.8. The number of hydrogen-bond acceptors (Lipinski definition) is 7. The minimum absolute atomic E-state index is 0.0249. The van der Waals surface area contributed by atoms with Crippen LogP contribution in [0, 0.1) is 11.7 Å². The topological polar surface area (TPSA) is 119 Å². The maximum absolute atomic E-state index is 14.9. The van der Waals surface area contributed by atoms with Crippen LogP contribution in [0.1, 0.15) is 47.8 Å². The van der Waals surface area contributed by atoms with E-state index >= 15 is 0 Å². The number of aryl methyl sites for hydroxylation is 1. The first-order valence-corrected chi connectivity index (χ1v) is 12.4. The third-order valence-electron chi connectivity index (χ3n) is 7.60. The fourth-order valence-electron chi connectivity index (χ4n) is 5.59. The standard InChI is InChI=1S/C30H26FNO7/c1-5-15-9-10-16-7-6-8-18(31)24(16)17(15)13-32-29(37)25-21(38-4)11-20(35)26-27(25)39-22-12-19(34)23(14(2)33)28(36)30(22,26)3/h6-12,23,35H,5,13H2,1-4H3,(H,32,37)/t23?,30-/m1/s1. The minimum Gasteiger partial charge on any atom is -0.507 e. The molecule has 0 fully saturated rings. The molecule has 0 saturated carbocycles. The molecule has 2 N–H and O–H groups in total. The van der Waals surface area contributed by atoms with Gasteiger partial charge in [-0.15, -0.1) is 0 Å². The molecule has 0 bridgehead atoms. The number of carbonyl (C=O) groups is 4. The van der Waals surface area contributed by atoms with Crippen LogP contribution in [0.4, 0.5) is 4.39 Å². The lowest BCUT2D eigenvalue weighted by molar-refractivity contribution is -0.140. The van der Waals surface area contributed by atoms with Crippen molar-refractivity contribution >= 4 is 34.0 Å². The Morgan fingerprint density at radius 1 is 1.21 bits per heavy atom. The Balaban J connectivity index is 1.60. The fourth-order valence-corrected chi connectivity index (χ4v) is 5.59. The SMILES string of the molecule is CCc1ccc2cccc(F)c2c1CNC(=O)c1c(OC)cc(O)c2c1OC1=CC(=O)C(C(C)=O)C(=O)[C@]12C. The first-order valence-electron chi connectivity index (χ1n) is 12.4. The number of aromatic hydroxyl groups is 1. The van der Waals surface area contributed by atoms with Crippen LogP contribution in [0.15, 0.2) is 48.2 Å². The predicted molar refractivity (Wildman–Crippen MR) is 139 cm³/mol. The van der Waals surface area contributed by atoms with Gasteiger partial charge in [-0.1, -0.05) is 31.2 Å². The molecular weight excluding hydrogens is 505 g/mol. The van der Waals surface area contributed by atoms with Crippen LogP contribution in [0.25, 0.3) is 10.8 Å². The number of Topliss-reactive ketones (excluding diaryl/α,β-unsaturated/α-hetero) is 2. The summed E-state index contributed by atoms with van der Waals surface area (Å²) < 4.78 is 26.1. The van der Waals surface area contributed by atoms with Crippen molar-refractivity contribution in [1.29, 1.82) is 0 Å². The van der Waals surface area contributed by atoms with Gasteiger partial charge in [-0.05, 0) is 42.8 Å². The number of rotatable bonds is 6. The Kier molecular flexibility index (Phi) is 6.25. The number of benzene rings is 3. The highest BCUT2D eigenvalue weighted by molar-refractivity contribution is 6.27. The van der Waals surface area contributed by atoms with E-state index in [0.717, 1.165) is 18.6 Å². The molecule has 8 nitrogen and oxygen atoms in total. The highest BCUT2D eigenvalue weighted by Crippen LogP contribution is 2.56. The monoisotopic (exact) mass is 531 g/mol. The minimum atomic E-state index is -1.67. The second-order valence-electron chi connectivity index (χ2n) is 9.80. The average Bonchev–Trinajstić information content (AvgIpc) is 3.20. The average molecular weight is 532 g/mol. The number of phenolic OH excluding ortho intramolecular Hbond substituents is 1. The third kappa shape index (κ3) is 3.79. The zero-order valence-corrected chi connectivity index (χ0v) is 21.8. The van der Waals surface area contributed by atoms with Crippen molar-refractivity contribution in [2.24, 2.45) is 5.92 Å². The lowest BCUT2D eigenvalue weighted by Crippen LogP contribution is -2.47. The number of methoxy groups -OCH3 is 1. The molecule has 2 aliphatic rings. The molecule has 1 amide bonds. The number of hydrogen-bond donors (Lipinski definition) is 2. The number of phenols is 1. The molecule has 39 heavy (non-hydrogen) atoms. The zero-order chi connectivity index (χ0) is 28.2. The van der Waals surface area contributed by atoms with Gasteiger partial charge in [-0.2, -0.15) is 0 Å². The van der Waals surface area contributed by atoms with Crippen LogP contribution >= 0.6 is 0 Å². The van der Waals surface area contributed by atoms with Crippen molar-refractivity contribution in [1.82, 2.24) is 5.32 Å². The van der Waals surface area contributed by atoms with Gasteiger partial charge in [0, 0.05) is 24.1 Å². The van der Waals surface area contributed by atoms with Crippen LogP contribution in [-0.4, -0.2) is 35.5 Å². The van der Waals surface area contributed by atoms with Gasteiger partial charge < -0.3 is 19.9 Å². The third-order valence-corrected chi connectivity index (χ3v) is 7.60. The van der Waals surface area contributed by atoms with Gasteiger partial charge in [0.2, 0.25) is 0 Å². The molecule has 9 heteroatoms. The van der Waals surface area contributed by atoms with E-state index in [0.29, 0.717) is 22.8 Å². The van der Waals surface area contributed by atoms with E-state index in [1.165, 1.54) is 26.2 Å². The van der Waals surface area contributed by atoms with Crippen LogP contribution in [-0.2, 0) is 32.8 Å². The van der Waals surface area contributed by atoms with Crippen molar-refractivity contribution in [3.8, 4) is 17.2 Å². The molecule has 0 radical (unpaired) electrons. The van der Waals surface area contributed by atoms with E-state index < -0.39 is 46.2 Å². The van der Waals surface area contributed by atoms with E-state index in [2.05, 4.69) is 5.32 Å². The maximum Gasteiger partial charge on any atom is 0.259 e. The smallest absolute Gasteiger partial charge is 0.259 e. The normalized spacial score (nSPS) is 19.7. The maximum atomic E-state index is 14.9. The Morgan fingerprint density at radius 2 is 1.95 bits per heavy atom. The predicted octanol–water partition coefficient (Wildman–Crippen LogP) is 4.08. The van der Waals surface area contributed by atoms with Gasteiger partial charge in [0.25, 0.3) is 5.91 Å². The number of carbonyl (C=O) groups excluding carboxylic acids is 4. The van der Waals surface area contributed by atoms with Crippen LogP contribution in [0.3, 0.4) is 0 Å². The van der Waals surface area contributed by atoms with Gasteiger partial charge >= 0.3 is 0 Å². The van der Waals surface area contributed by atoms with Crippen LogP contribution in [0.5, 0.6) is 17.2 Å². The number of halogens is 1. The zero-order valence-electron chi connectivity index (χ0n) is 21.8. The molecule has 1 aliphatic heterocycles. The first kappa shape index (κ1) is 26.1. The van der Waals surface area contributed by atoms with Gasteiger partial charge in [-0.3, -0.25) is 19.2 Å². The highest BCUT2D eigenvalue weighted by atomic mass is 19.1. The summed E-state index contributed by atoms with van der Waals surface area (Å²) in [5.74, 6) is -5.39. The second-order valence-corrected chi connectivity index (χ2v) is 9.80. The van der Waals surface area contributed by atoms with E-state index in [-0.39, 0.29) is 34.9 Å². The molecule has 1 aliphatic carbocycles. The molecule has 1 unspecified atom stereocenters. The van der Waals surface area contributed by atoms with Gasteiger partial charge in [0.05, 0.1) is 12.7 Å². The van der Waals surface area contributed by atoms with Crippen molar-refractivity contribution < 1.29 is 38.1 Å². The lowest BCUT2D eigenvalue weighted by Gasteiger charge is -2.30. The summed E-state index contributed by atoms with van der Waals surface area (Å²) in [6.45, 7) is 4.49. The molecule has 5 rings (SSSR count). The molecule has 3 aromatic carbocycles. The van der Waals surface area contributed by atoms with Crippen molar-refractivity contribution in [2.45, 2.75) is 39.2 Å². The molecule has 200 valence electrons. The fraction of sp³-hybridized carbons (Fsp3) is 0.267. The molecule has 0 spiro atoms. The quantitative estimate of drug-likeness (QED) is 0.460. The summed E-state index contributed by atoms with van der Waals surface area (Å²) in [5, 5.41) is 14.8. The summed E-state index contributed by atoms with van der Waals surface area (Å²) in [6.07, 6.45) is 1.67. The molecular formula is C30H26FNO7. The van der Waals surface area contributed by atoms with Crippen molar-refractivity contribution in [3.05, 3.63) is 76.3 Å². The largest absolute Gasteiger partial charge is 0.507 e. The number of nitrogens with one attached hydrogen (secondary N) is 1. The van der Waals surface area contributed by atoms with E-state index in [1.807, 2.05) is 19.1 Å². The van der Waals surface area contributed by atoms with E-state index in [9.17, 15) is 28.7 Å². The van der Waals surface area contributed by atoms with Gasteiger partial charge in [0.15, 0.2) is 17.3 Å². The van der Waals surface area contributed by atoms with Crippen LogP contribution < -0.4 is 14.8 Å².